The smallest absolute Gasteiger partial charge is 0.240 e. The van der Waals surface area contributed by atoms with Crippen LogP contribution in [0.2, 0.25) is 0 Å². The minimum Gasteiger partial charge on any atom is -0.352 e. The van der Waals surface area contributed by atoms with Crippen molar-refractivity contribution in [2.24, 2.45) is 5.92 Å². The summed E-state index contributed by atoms with van der Waals surface area (Å²) in [5.41, 5.74) is -0.323. The summed E-state index contributed by atoms with van der Waals surface area (Å²) in [5, 5.41) is 6.69. The molecule has 3 atom stereocenters. The van der Waals surface area contributed by atoms with E-state index >= 15 is 0 Å². The maximum atomic E-state index is 12.4. The minimum absolute atomic E-state index is 0. The van der Waals surface area contributed by atoms with Crippen molar-refractivity contribution in [3.63, 3.8) is 0 Å². The van der Waals surface area contributed by atoms with Gasteiger partial charge in [-0.1, -0.05) is 19.8 Å². The highest BCUT2D eigenvalue weighted by atomic mass is 35.5. The molecule has 1 saturated carbocycles. The minimum atomic E-state index is -0.323. The SMILES string of the molecule is CC1CCCC(NC(=O)C2(C)CCCCN2)CC1.Cl. The number of hydrogen-bond donors (Lipinski definition) is 2. The van der Waals surface area contributed by atoms with Crippen molar-refractivity contribution < 1.29 is 4.79 Å². The molecular formula is C15H29ClN2O. The van der Waals surface area contributed by atoms with Gasteiger partial charge in [0.05, 0.1) is 5.54 Å². The number of rotatable bonds is 2. The summed E-state index contributed by atoms with van der Waals surface area (Å²) >= 11 is 0. The molecule has 0 aromatic heterocycles. The van der Waals surface area contributed by atoms with Gasteiger partial charge in [0, 0.05) is 6.04 Å². The van der Waals surface area contributed by atoms with Gasteiger partial charge in [-0.25, -0.2) is 0 Å². The van der Waals surface area contributed by atoms with E-state index in [2.05, 4.69) is 24.5 Å². The first-order chi connectivity index (χ1) is 8.60. The number of carbonyl (C=O) groups excluding carboxylic acids is 1. The van der Waals surface area contributed by atoms with Gasteiger partial charge < -0.3 is 10.6 Å². The number of hydrogen-bond acceptors (Lipinski definition) is 2. The highest BCUT2D eigenvalue weighted by Gasteiger charge is 2.35. The molecule has 0 spiro atoms. The third-order valence-electron chi connectivity index (χ3n) is 4.71. The summed E-state index contributed by atoms with van der Waals surface area (Å²) in [4.78, 5) is 12.4. The zero-order valence-corrected chi connectivity index (χ0v) is 13.2. The molecule has 1 heterocycles. The zero-order valence-electron chi connectivity index (χ0n) is 12.3. The summed E-state index contributed by atoms with van der Waals surface area (Å²) < 4.78 is 0. The first kappa shape index (κ1) is 16.8. The van der Waals surface area contributed by atoms with Gasteiger partial charge in [0.1, 0.15) is 0 Å². The highest BCUT2D eigenvalue weighted by Crippen LogP contribution is 2.24. The number of piperidine rings is 1. The lowest BCUT2D eigenvalue weighted by molar-refractivity contribution is -0.128. The van der Waals surface area contributed by atoms with Crippen LogP contribution in [0.3, 0.4) is 0 Å². The van der Waals surface area contributed by atoms with E-state index in [9.17, 15) is 4.79 Å². The lowest BCUT2D eigenvalue weighted by atomic mass is 9.89. The Hall–Kier alpha value is -0.280. The van der Waals surface area contributed by atoms with Gasteiger partial charge in [-0.05, 0) is 57.9 Å². The van der Waals surface area contributed by atoms with Gasteiger partial charge in [-0.2, -0.15) is 0 Å². The molecule has 2 aliphatic rings. The van der Waals surface area contributed by atoms with Crippen LogP contribution in [0.25, 0.3) is 0 Å². The highest BCUT2D eigenvalue weighted by molar-refractivity contribution is 5.86. The van der Waals surface area contributed by atoms with Crippen molar-refractivity contribution in [3.05, 3.63) is 0 Å². The van der Waals surface area contributed by atoms with Gasteiger partial charge >= 0.3 is 0 Å². The maximum absolute atomic E-state index is 12.4. The van der Waals surface area contributed by atoms with E-state index < -0.39 is 0 Å². The van der Waals surface area contributed by atoms with Crippen molar-refractivity contribution in [1.29, 1.82) is 0 Å². The van der Waals surface area contributed by atoms with Crippen LogP contribution in [0.5, 0.6) is 0 Å². The fourth-order valence-corrected chi connectivity index (χ4v) is 3.23. The van der Waals surface area contributed by atoms with Crippen molar-refractivity contribution in [3.8, 4) is 0 Å². The van der Waals surface area contributed by atoms with Crippen LogP contribution in [0.1, 0.15) is 65.2 Å². The van der Waals surface area contributed by atoms with Gasteiger partial charge in [0.2, 0.25) is 5.91 Å². The molecule has 3 nitrogen and oxygen atoms in total. The van der Waals surface area contributed by atoms with E-state index in [0.717, 1.165) is 31.7 Å². The first-order valence-corrected chi connectivity index (χ1v) is 7.66. The van der Waals surface area contributed by atoms with E-state index in [-0.39, 0.29) is 23.9 Å². The normalized spacial score (nSPS) is 35.9. The third-order valence-corrected chi connectivity index (χ3v) is 4.71. The molecule has 0 aromatic rings. The van der Waals surface area contributed by atoms with Gasteiger partial charge in [-0.15, -0.1) is 12.4 Å². The molecule has 0 aromatic carbocycles. The Morgan fingerprint density at radius 1 is 1.16 bits per heavy atom. The lowest BCUT2D eigenvalue weighted by Crippen LogP contribution is -2.58. The van der Waals surface area contributed by atoms with E-state index in [1.165, 1.54) is 32.1 Å². The Kier molecular flexibility index (Phi) is 6.61. The standard InChI is InChI=1S/C15H28N2O.ClH/c1-12-6-5-7-13(9-8-12)17-14(18)15(2)10-3-4-11-16-15;/h12-13,16H,3-11H2,1-2H3,(H,17,18);1H. The second kappa shape index (κ2) is 7.49. The molecule has 19 heavy (non-hydrogen) atoms. The van der Waals surface area contributed by atoms with Crippen LogP contribution in [-0.4, -0.2) is 24.0 Å². The lowest BCUT2D eigenvalue weighted by Gasteiger charge is -2.35. The largest absolute Gasteiger partial charge is 0.352 e. The molecule has 0 bridgehead atoms. The average Bonchev–Trinajstić information content (AvgIpc) is 2.55. The van der Waals surface area contributed by atoms with Crippen molar-refractivity contribution in [2.75, 3.05) is 6.54 Å². The van der Waals surface area contributed by atoms with Crippen molar-refractivity contribution >= 4 is 18.3 Å². The fourth-order valence-electron chi connectivity index (χ4n) is 3.23. The van der Waals surface area contributed by atoms with Crippen molar-refractivity contribution in [2.45, 2.75) is 76.8 Å². The zero-order chi connectivity index (χ0) is 13.0. The number of carbonyl (C=O) groups is 1. The summed E-state index contributed by atoms with van der Waals surface area (Å²) in [6.07, 6.45) is 9.49. The molecule has 1 aliphatic carbocycles. The molecular weight excluding hydrogens is 260 g/mol. The molecule has 1 amide bonds. The molecule has 2 N–H and O–H groups in total. The Bertz CT molecular complexity index is 290. The topological polar surface area (TPSA) is 41.1 Å². The summed E-state index contributed by atoms with van der Waals surface area (Å²) in [6, 6.07) is 0.406. The molecule has 1 aliphatic heterocycles. The number of amides is 1. The Labute approximate surface area is 123 Å². The van der Waals surface area contributed by atoms with Crippen LogP contribution in [0.15, 0.2) is 0 Å². The van der Waals surface area contributed by atoms with Gasteiger partial charge in [0.15, 0.2) is 0 Å². The third kappa shape index (κ3) is 4.64. The van der Waals surface area contributed by atoms with E-state index in [1.807, 2.05) is 0 Å². The number of halogens is 1. The van der Waals surface area contributed by atoms with Crippen LogP contribution < -0.4 is 10.6 Å². The molecule has 2 fully saturated rings. The summed E-state index contributed by atoms with van der Waals surface area (Å²) in [7, 11) is 0. The Morgan fingerprint density at radius 3 is 2.63 bits per heavy atom. The van der Waals surface area contributed by atoms with E-state index in [1.54, 1.807) is 0 Å². The van der Waals surface area contributed by atoms with Crippen LogP contribution in [0.4, 0.5) is 0 Å². The fraction of sp³-hybridized carbons (Fsp3) is 0.933. The molecule has 0 radical (unpaired) electrons. The molecule has 112 valence electrons. The average molecular weight is 289 g/mol. The quantitative estimate of drug-likeness (QED) is 0.767. The van der Waals surface area contributed by atoms with Gasteiger partial charge in [0.25, 0.3) is 0 Å². The van der Waals surface area contributed by atoms with Crippen LogP contribution in [-0.2, 0) is 4.79 Å². The predicted octanol–water partition coefficient (Wildman–Crippen LogP) is 3.03. The monoisotopic (exact) mass is 288 g/mol. The Balaban J connectivity index is 0.00000180. The predicted molar refractivity (Wildman–Crippen MR) is 81.7 cm³/mol. The molecule has 1 saturated heterocycles. The first-order valence-electron chi connectivity index (χ1n) is 7.66. The molecule has 3 unspecified atom stereocenters. The van der Waals surface area contributed by atoms with Gasteiger partial charge in [-0.3, -0.25) is 4.79 Å². The Morgan fingerprint density at radius 2 is 1.95 bits per heavy atom. The van der Waals surface area contributed by atoms with Crippen LogP contribution in [0, 0.1) is 5.92 Å². The van der Waals surface area contributed by atoms with E-state index in [0.29, 0.717) is 6.04 Å². The summed E-state index contributed by atoms with van der Waals surface area (Å²) in [6.45, 7) is 5.36. The summed E-state index contributed by atoms with van der Waals surface area (Å²) in [5.74, 6) is 1.05. The molecule has 2 rings (SSSR count). The second-order valence-corrected chi connectivity index (χ2v) is 6.50. The van der Waals surface area contributed by atoms with E-state index in [4.69, 9.17) is 0 Å². The van der Waals surface area contributed by atoms with Crippen molar-refractivity contribution in [1.82, 2.24) is 10.6 Å². The number of nitrogens with one attached hydrogen (secondary N) is 2. The molecule has 4 heteroatoms. The second-order valence-electron chi connectivity index (χ2n) is 6.50. The maximum Gasteiger partial charge on any atom is 0.240 e. The van der Waals surface area contributed by atoms with Crippen LogP contribution >= 0.6 is 12.4 Å².